The molecule has 22 heavy (non-hydrogen) atoms. The molecular formula is C13H22F3IN4S. The van der Waals surface area contributed by atoms with E-state index < -0.39 is 12.6 Å². The van der Waals surface area contributed by atoms with Gasteiger partial charge in [-0.15, -0.1) is 35.3 Å². The van der Waals surface area contributed by atoms with E-state index in [0.29, 0.717) is 25.0 Å². The number of hydrogen-bond acceptors (Lipinski definition) is 3. The molecule has 0 radical (unpaired) electrons. The number of nitrogens with zero attached hydrogens (tertiary/aromatic N) is 2. The molecule has 1 rings (SSSR count). The number of guanidine groups is 1. The van der Waals surface area contributed by atoms with Crippen LogP contribution >= 0.6 is 35.3 Å². The molecule has 0 saturated heterocycles. The zero-order chi connectivity index (χ0) is 15.9. The highest BCUT2D eigenvalue weighted by molar-refractivity contribution is 14.0. The number of rotatable bonds is 6. The highest BCUT2D eigenvalue weighted by atomic mass is 127. The molecule has 128 valence electrons. The average molecular weight is 450 g/mol. The molecule has 4 nitrogen and oxygen atoms in total. The summed E-state index contributed by atoms with van der Waals surface area (Å²) in [6.45, 7) is 6.74. The molecule has 0 fully saturated rings. The van der Waals surface area contributed by atoms with Crippen molar-refractivity contribution in [3.05, 3.63) is 16.1 Å². The Morgan fingerprint density at radius 3 is 2.55 bits per heavy atom. The minimum atomic E-state index is -4.16. The Hall–Kier alpha value is -0.580. The van der Waals surface area contributed by atoms with E-state index in [1.54, 1.807) is 11.3 Å². The smallest absolute Gasteiger partial charge is 0.357 e. The fourth-order valence-electron chi connectivity index (χ4n) is 1.48. The summed E-state index contributed by atoms with van der Waals surface area (Å²) in [4.78, 5) is 8.68. The fraction of sp³-hybridized carbons (Fsp3) is 0.692. The zero-order valence-electron chi connectivity index (χ0n) is 12.8. The highest BCUT2D eigenvalue weighted by Gasteiger charge is 2.26. The predicted molar refractivity (Wildman–Crippen MR) is 95.1 cm³/mol. The normalized spacial score (nSPS) is 12.2. The lowest BCUT2D eigenvalue weighted by Gasteiger charge is -2.12. The molecule has 0 bridgehead atoms. The van der Waals surface area contributed by atoms with Gasteiger partial charge in [-0.05, 0) is 6.92 Å². The fourth-order valence-corrected chi connectivity index (χ4v) is 2.31. The van der Waals surface area contributed by atoms with Gasteiger partial charge in [-0.3, -0.25) is 0 Å². The van der Waals surface area contributed by atoms with Crippen molar-refractivity contribution in [3.63, 3.8) is 0 Å². The van der Waals surface area contributed by atoms with Gasteiger partial charge in [0.1, 0.15) is 0 Å². The molecule has 0 saturated carbocycles. The lowest BCUT2D eigenvalue weighted by Crippen LogP contribution is -2.38. The summed E-state index contributed by atoms with van der Waals surface area (Å²) in [7, 11) is 0. The Labute approximate surface area is 150 Å². The Morgan fingerprint density at radius 2 is 2.05 bits per heavy atom. The van der Waals surface area contributed by atoms with Crippen LogP contribution in [0.1, 0.15) is 43.8 Å². The van der Waals surface area contributed by atoms with Crippen LogP contribution in [-0.2, 0) is 6.54 Å². The summed E-state index contributed by atoms with van der Waals surface area (Å²) >= 11 is 1.57. The van der Waals surface area contributed by atoms with Crippen LogP contribution in [0.3, 0.4) is 0 Å². The van der Waals surface area contributed by atoms with Crippen molar-refractivity contribution in [1.82, 2.24) is 15.6 Å². The van der Waals surface area contributed by atoms with Gasteiger partial charge in [0.25, 0.3) is 0 Å². The van der Waals surface area contributed by atoms with Gasteiger partial charge < -0.3 is 10.6 Å². The standard InChI is InChI=1S/C13H21F3N4S.HI/c1-4-17-12(18-6-5-13(14,15)16)19-7-10-8-21-11(20-10)9(2)3;/h8-9H,4-7H2,1-3H3,(H2,17,18,19);1H. The number of nitrogens with one attached hydrogen (secondary N) is 2. The second kappa shape index (κ2) is 10.2. The lowest BCUT2D eigenvalue weighted by atomic mass is 10.2. The van der Waals surface area contributed by atoms with E-state index in [0.717, 1.165) is 10.7 Å². The van der Waals surface area contributed by atoms with E-state index in [1.165, 1.54) is 0 Å². The predicted octanol–water partition coefficient (Wildman–Crippen LogP) is 3.89. The Bertz CT molecular complexity index is 460. The average Bonchev–Trinajstić information content (AvgIpc) is 2.83. The molecular weight excluding hydrogens is 428 g/mol. The van der Waals surface area contributed by atoms with Crippen molar-refractivity contribution >= 4 is 41.3 Å². The van der Waals surface area contributed by atoms with Gasteiger partial charge in [-0.1, -0.05) is 13.8 Å². The maximum absolute atomic E-state index is 12.1. The molecule has 0 aliphatic carbocycles. The molecule has 1 aromatic rings. The Kier molecular flexibility index (Phi) is 9.97. The molecule has 2 N–H and O–H groups in total. The van der Waals surface area contributed by atoms with Crippen molar-refractivity contribution in [3.8, 4) is 0 Å². The van der Waals surface area contributed by atoms with Gasteiger partial charge in [0.15, 0.2) is 5.96 Å². The molecule has 1 heterocycles. The van der Waals surface area contributed by atoms with Crippen LogP contribution in [0.25, 0.3) is 0 Å². The summed E-state index contributed by atoms with van der Waals surface area (Å²) < 4.78 is 36.3. The third kappa shape index (κ3) is 8.76. The Morgan fingerprint density at radius 1 is 1.36 bits per heavy atom. The van der Waals surface area contributed by atoms with E-state index in [9.17, 15) is 13.2 Å². The van der Waals surface area contributed by atoms with Gasteiger partial charge in [0.2, 0.25) is 0 Å². The van der Waals surface area contributed by atoms with Crippen LogP contribution < -0.4 is 10.6 Å². The Balaban J connectivity index is 0.00000441. The van der Waals surface area contributed by atoms with Gasteiger partial charge in [0, 0.05) is 24.4 Å². The molecule has 0 unspecified atom stereocenters. The third-order valence-corrected chi connectivity index (χ3v) is 3.70. The molecule has 1 aromatic heterocycles. The van der Waals surface area contributed by atoms with Crippen LogP contribution in [0.5, 0.6) is 0 Å². The van der Waals surface area contributed by atoms with Crippen molar-refractivity contribution in [2.45, 2.75) is 45.8 Å². The quantitative estimate of drug-likeness (QED) is 0.393. The first kappa shape index (κ1) is 21.4. The summed E-state index contributed by atoms with van der Waals surface area (Å²) in [5, 5.41) is 8.55. The second-order valence-corrected chi connectivity index (χ2v) is 5.71. The number of aliphatic imine (C=N–C) groups is 1. The van der Waals surface area contributed by atoms with Gasteiger partial charge in [0.05, 0.1) is 23.7 Å². The van der Waals surface area contributed by atoms with Crippen LogP contribution in [0.15, 0.2) is 10.4 Å². The number of thiazole rings is 1. The first-order valence-corrected chi connectivity index (χ1v) is 7.73. The first-order chi connectivity index (χ1) is 9.81. The molecule has 0 atom stereocenters. The van der Waals surface area contributed by atoms with E-state index in [-0.39, 0.29) is 30.5 Å². The molecule has 0 aliphatic heterocycles. The molecule has 9 heteroatoms. The van der Waals surface area contributed by atoms with E-state index in [2.05, 4.69) is 34.5 Å². The minimum absolute atomic E-state index is 0. The summed E-state index contributed by atoms with van der Waals surface area (Å²) in [5.74, 6) is 0.742. The topological polar surface area (TPSA) is 49.3 Å². The van der Waals surface area contributed by atoms with Gasteiger partial charge in [-0.25, -0.2) is 9.98 Å². The molecule has 0 aromatic carbocycles. The number of hydrogen-bond donors (Lipinski definition) is 2. The minimum Gasteiger partial charge on any atom is -0.357 e. The number of alkyl halides is 3. The van der Waals surface area contributed by atoms with Crippen LogP contribution in [0.2, 0.25) is 0 Å². The van der Waals surface area contributed by atoms with Crippen LogP contribution in [-0.4, -0.2) is 30.2 Å². The van der Waals surface area contributed by atoms with Crippen molar-refractivity contribution < 1.29 is 13.2 Å². The van der Waals surface area contributed by atoms with Crippen molar-refractivity contribution in [2.24, 2.45) is 4.99 Å². The van der Waals surface area contributed by atoms with Crippen LogP contribution in [0, 0.1) is 0 Å². The number of aromatic nitrogens is 1. The third-order valence-electron chi connectivity index (χ3n) is 2.51. The van der Waals surface area contributed by atoms with Crippen LogP contribution in [0.4, 0.5) is 13.2 Å². The van der Waals surface area contributed by atoms with Crippen molar-refractivity contribution in [1.29, 1.82) is 0 Å². The highest BCUT2D eigenvalue weighted by Crippen LogP contribution is 2.19. The van der Waals surface area contributed by atoms with Gasteiger partial charge >= 0.3 is 6.18 Å². The maximum atomic E-state index is 12.1. The van der Waals surface area contributed by atoms with E-state index in [1.807, 2.05) is 12.3 Å². The molecule has 0 spiro atoms. The van der Waals surface area contributed by atoms with Crippen molar-refractivity contribution in [2.75, 3.05) is 13.1 Å². The summed E-state index contributed by atoms with van der Waals surface area (Å²) in [6.07, 6.45) is -5.04. The first-order valence-electron chi connectivity index (χ1n) is 6.85. The van der Waals surface area contributed by atoms with Gasteiger partial charge in [-0.2, -0.15) is 13.2 Å². The maximum Gasteiger partial charge on any atom is 0.390 e. The lowest BCUT2D eigenvalue weighted by molar-refractivity contribution is -0.132. The second-order valence-electron chi connectivity index (χ2n) is 4.82. The SMILES string of the molecule is CCNC(=NCc1csc(C(C)C)n1)NCCC(F)(F)F.I. The zero-order valence-corrected chi connectivity index (χ0v) is 16.0. The van der Waals surface area contributed by atoms with E-state index >= 15 is 0 Å². The number of halogens is 4. The van der Waals surface area contributed by atoms with E-state index in [4.69, 9.17) is 0 Å². The summed E-state index contributed by atoms with van der Waals surface area (Å²) in [6, 6.07) is 0. The monoisotopic (exact) mass is 450 g/mol. The summed E-state index contributed by atoms with van der Waals surface area (Å²) in [5.41, 5.74) is 0.830. The largest absolute Gasteiger partial charge is 0.390 e. The molecule has 0 aliphatic rings. The molecule has 0 amide bonds.